The molecule has 0 bridgehead atoms. The lowest BCUT2D eigenvalue weighted by Crippen LogP contribution is -2.36. The molecule has 0 saturated carbocycles. The Balaban J connectivity index is 1.59. The van der Waals surface area contributed by atoms with Crippen molar-refractivity contribution in [2.45, 2.75) is 0 Å². The zero-order chi connectivity index (χ0) is 17.6. The summed E-state index contributed by atoms with van der Waals surface area (Å²) in [7, 11) is 0. The van der Waals surface area contributed by atoms with Crippen LogP contribution in [0.1, 0.15) is 5.56 Å². The van der Waals surface area contributed by atoms with Crippen LogP contribution in [0, 0.1) is 0 Å². The Morgan fingerprint density at radius 2 is 1.80 bits per heavy atom. The van der Waals surface area contributed by atoms with Crippen LogP contribution in [0.3, 0.4) is 0 Å². The lowest BCUT2D eigenvalue weighted by molar-refractivity contribution is -0.111. The van der Waals surface area contributed by atoms with Gasteiger partial charge in [0.25, 0.3) is 0 Å². The van der Waals surface area contributed by atoms with E-state index < -0.39 is 0 Å². The van der Waals surface area contributed by atoms with Gasteiger partial charge in [-0.05, 0) is 48.0 Å². The third-order valence-electron chi connectivity index (χ3n) is 3.89. The van der Waals surface area contributed by atoms with E-state index in [1.54, 1.807) is 24.3 Å². The Morgan fingerprint density at radius 3 is 2.48 bits per heavy atom. The van der Waals surface area contributed by atoms with Gasteiger partial charge in [0, 0.05) is 40.6 Å². The molecule has 1 aliphatic heterocycles. The summed E-state index contributed by atoms with van der Waals surface area (Å²) in [6, 6.07) is 12.9. The van der Waals surface area contributed by atoms with Gasteiger partial charge >= 0.3 is 0 Å². The van der Waals surface area contributed by atoms with Crippen molar-refractivity contribution in [3.63, 3.8) is 0 Å². The number of carbonyl (C=O) groups excluding carboxylic acids is 1. The fourth-order valence-corrected chi connectivity index (χ4v) is 3.03. The zero-order valence-electron chi connectivity index (χ0n) is 13.5. The second kappa shape index (κ2) is 8.39. The normalized spacial score (nSPS) is 14.7. The van der Waals surface area contributed by atoms with Gasteiger partial charge in [0.05, 0.1) is 13.2 Å². The second-order valence-corrected chi connectivity index (χ2v) is 6.48. The molecule has 0 aliphatic carbocycles. The molecule has 25 heavy (non-hydrogen) atoms. The maximum Gasteiger partial charge on any atom is 0.248 e. The fraction of sp³-hybridized carbons (Fsp3) is 0.211. The van der Waals surface area contributed by atoms with Gasteiger partial charge in [-0.1, -0.05) is 29.3 Å². The maximum absolute atomic E-state index is 12.1. The van der Waals surface area contributed by atoms with Crippen LogP contribution in [-0.4, -0.2) is 32.2 Å². The highest BCUT2D eigenvalue weighted by Gasteiger charge is 2.10. The van der Waals surface area contributed by atoms with Gasteiger partial charge in [-0.15, -0.1) is 0 Å². The molecule has 2 aromatic rings. The third kappa shape index (κ3) is 4.98. The molecule has 130 valence electrons. The average Bonchev–Trinajstić information content (AvgIpc) is 2.62. The largest absolute Gasteiger partial charge is 0.378 e. The molecule has 0 unspecified atom stereocenters. The number of morpholine rings is 1. The van der Waals surface area contributed by atoms with E-state index in [2.05, 4.69) is 10.2 Å². The Bertz CT molecular complexity index is 769. The summed E-state index contributed by atoms with van der Waals surface area (Å²) in [4.78, 5) is 14.3. The summed E-state index contributed by atoms with van der Waals surface area (Å²) in [5.41, 5.74) is 2.61. The van der Waals surface area contributed by atoms with Crippen LogP contribution in [0.2, 0.25) is 10.0 Å². The van der Waals surface area contributed by atoms with Crippen LogP contribution >= 0.6 is 23.2 Å². The van der Waals surface area contributed by atoms with Gasteiger partial charge in [-0.2, -0.15) is 0 Å². The first kappa shape index (κ1) is 17.8. The third-order valence-corrected chi connectivity index (χ3v) is 4.45. The molecule has 3 rings (SSSR count). The Morgan fingerprint density at radius 1 is 1.08 bits per heavy atom. The van der Waals surface area contributed by atoms with E-state index in [0.717, 1.165) is 43.2 Å². The number of rotatable bonds is 4. The molecular weight excluding hydrogens is 359 g/mol. The number of carbonyl (C=O) groups is 1. The highest BCUT2D eigenvalue weighted by atomic mass is 35.5. The van der Waals surface area contributed by atoms with E-state index in [9.17, 15) is 4.79 Å². The summed E-state index contributed by atoms with van der Waals surface area (Å²) in [5, 5.41) is 3.90. The number of nitrogens with zero attached hydrogens (tertiary/aromatic N) is 1. The van der Waals surface area contributed by atoms with Gasteiger partial charge in [0.1, 0.15) is 0 Å². The lowest BCUT2D eigenvalue weighted by atomic mass is 10.2. The number of nitrogens with one attached hydrogen (secondary N) is 1. The quantitative estimate of drug-likeness (QED) is 0.799. The molecule has 1 heterocycles. The zero-order valence-corrected chi connectivity index (χ0v) is 15.1. The van der Waals surface area contributed by atoms with Crippen molar-refractivity contribution < 1.29 is 9.53 Å². The van der Waals surface area contributed by atoms with Crippen LogP contribution in [0.4, 0.5) is 11.4 Å². The van der Waals surface area contributed by atoms with Gasteiger partial charge in [0.15, 0.2) is 0 Å². The number of halogens is 2. The van der Waals surface area contributed by atoms with Crippen molar-refractivity contribution in [2.75, 3.05) is 36.5 Å². The van der Waals surface area contributed by atoms with E-state index in [-0.39, 0.29) is 5.91 Å². The predicted octanol–water partition coefficient (Wildman–Crippen LogP) is 4.48. The van der Waals surface area contributed by atoms with Crippen LogP contribution < -0.4 is 10.2 Å². The Labute approximate surface area is 157 Å². The minimum absolute atomic E-state index is 0.217. The first-order valence-corrected chi connectivity index (χ1v) is 8.74. The standard InChI is InChI=1S/C19H18Cl2N2O2/c20-15-3-1-14(18(21)13-15)2-8-19(24)22-16-4-6-17(7-5-16)23-9-11-25-12-10-23/h1-8,13H,9-12H2,(H,22,24)/b8-2+. The highest BCUT2D eigenvalue weighted by Crippen LogP contribution is 2.22. The molecule has 0 spiro atoms. The number of anilines is 2. The molecule has 4 nitrogen and oxygen atoms in total. The molecule has 0 atom stereocenters. The molecule has 1 fully saturated rings. The van der Waals surface area contributed by atoms with Crippen molar-refractivity contribution in [3.8, 4) is 0 Å². The molecule has 1 N–H and O–H groups in total. The lowest BCUT2D eigenvalue weighted by Gasteiger charge is -2.28. The SMILES string of the molecule is O=C(/C=C/c1ccc(Cl)cc1Cl)Nc1ccc(N2CCOCC2)cc1. The molecule has 6 heteroatoms. The number of hydrogen-bond donors (Lipinski definition) is 1. The summed E-state index contributed by atoms with van der Waals surface area (Å²) in [6.45, 7) is 3.26. The van der Waals surface area contributed by atoms with Gasteiger partial charge in [-0.3, -0.25) is 4.79 Å². The smallest absolute Gasteiger partial charge is 0.248 e. The summed E-state index contributed by atoms with van der Waals surface area (Å²) in [5.74, 6) is -0.217. The second-order valence-electron chi connectivity index (χ2n) is 5.63. The fourth-order valence-electron chi connectivity index (χ4n) is 2.56. The van der Waals surface area contributed by atoms with E-state index in [1.807, 2.05) is 24.3 Å². The van der Waals surface area contributed by atoms with Gasteiger partial charge in [0.2, 0.25) is 5.91 Å². The summed E-state index contributed by atoms with van der Waals surface area (Å²) < 4.78 is 5.35. The van der Waals surface area contributed by atoms with E-state index in [1.165, 1.54) is 6.08 Å². The summed E-state index contributed by atoms with van der Waals surface area (Å²) >= 11 is 11.9. The Kier molecular flexibility index (Phi) is 5.97. The van der Waals surface area contributed by atoms with Crippen molar-refractivity contribution in [1.29, 1.82) is 0 Å². The number of ether oxygens (including phenoxy) is 1. The summed E-state index contributed by atoms with van der Waals surface area (Å²) in [6.07, 6.45) is 3.11. The monoisotopic (exact) mass is 376 g/mol. The van der Waals surface area contributed by atoms with E-state index in [4.69, 9.17) is 27.9 Å². The minimum Gasteiger partial charge on any atom is -0.378 e. The molecule has 1 amide bonds. The van der Waals surface area contributed by atoms with Crippen LogP contribution in [-0.2, 0) is 9.53 Å². The molecule has 1 aliphatic rings. The average molecular weight is 377 g/mol. The molecular formula is C19H18Cl2N2O2. The van der Waals surface area contributed by atoms with Crippen LogP contribution in [0.25, 0.3) is 6.08 Å². The molecule has 1 saturated heterocycles. The Hall–Kier alpha value is -2.01. The molecule has 0 aromatic heterocycles. The van der Waals surface area contributed by atoms with Gasteiger partial charge in [-0.25, -0.2) is 0 Å². The number of amides is 1. The molecule has 2 aromatic carbocycles. The topological polar surface area (TPSA) is 41.6 Å². The minimum atomic E-state index is -0.217. The first-order chi connectivity index (χ1) is 12.1. The predicted molar refractivity (Wildman–Crippen MR) is 104 cm³/mol. The van der Waals surface area contributed by atoms with Crippen molar-refractivity contribution in [1.82, 2.24) is 0 Å². The number of benzene rings is 2. The van der Waals surface area contributed by atoms with Crippen LogP contribution in [0.5, 0.6) is 0 Å². The number of hydrogen-bond acceptors (Lipinski definition) is 3. The van der Waals surface area contributed by atoms with Crippen molar-refractivity contribution in [2.24, 2.45) is 0 Å². The van der Waals surface area contributed by atoms with Crippen LogP contribution in [0.15, 0.2) is 48.5 Å². The van der Waals surface area contributed by atoms with Crippen molar-refractivity contribution >= 4 is 46.6 Å². The first-order valence-electron chi connectivity index (χ1n) is 7.99. The van der Waals surface area contributed by atoms with Gasteiger partial charge < -0.3 is 15.0 Å². The van der Waals surface area contributed by atoms with E-state index in [0.29, 0.717) is 10.0 Å². The maximum atomic E-state index is 12.1. The highest BCUT2D eigenvalue weighted by molar-refractivity contribution is 6.35. The van der Waals surface area contributed by atoms with Crippen molar-refractivity contribution in [3.05, 3.63) is 64.1 Å². The van der Waals surface area contributed by atoms with E-state index >= 15 is 0 Å². The molecule has 0 radical (unpaired) electrons.